The number of allylic oxidation sites excluding steroid dienone is 6. The van der Waals surface area contributed by atoms with Crippen LogP contribution in [0.1, 0.15) is 42.8 Å². The Hall–Kier alpha value is -4.10. The molecule has 1 saturated heterocycles. The van der Waals surface area contributed by atoms with Crippen LogP contribution >= 0.6 is 0 Å². The molecule has 0 spiro atoms. The molecule has 1 aromatic carbocycles. The number of ketones is 2. The standard InChI is InChI=1S/C30H25NO6/c1-3-16-4-6-17(7-5-16)31-29(35)20-10-9-19-21(25(20)30(31)36)13-22-26(23(33)12-15(2)28(22)34)27(19)24-11-8-18(14-32)37-24/h3-9,11-12,20-21,25,27,32H,1,10,13-14H2,2H3/t20-,21+,25-,27+/m0/s1. The summed E-state index contributed by atoms with van der Waals surface area (Å²) >= 11 is 0. The third kappa shape index (κ3) is 3.38. The van der Waals surface area contributed by atoms with Gasteiger partial charge in [-0.05, 0) is 61.6 Å². The summed E-state index contributed by atoms with van der Waals surface area (Å²) in [6, 6.07) is 10.4. The zero-order valence-corrected chi connectivity index (χ0v) is 20.3. The van der Waals surface area contributed by atoms with Gasteiger partial charge < -0.3 is 9.52 Å². The maximum atomic E-state index is 13.8. The van der Waals surface area contributed by atoms with E-state index in [4.69, 9.17) is 4.42 Å². The first-order valence-electron chi connectivity index (χ1n) is 12.3. The van der Waals surface area contributed by atoms with Crippen LogP contribution in [0.5, 0.6) is 0 Å². The van der Waals surface area contributed by atoms with Gasteiger partial charge in [0.05, 0.1) is 23.4 Å². The number of benzene rings is 1. The van der Waals surface area contributed by atoms with E-state index in [1.54, 1.807) is 49.4 Å². The van der Waals surface area contributed by atoms with Crippen molar-refractivity contribution >= 4 is 35.1 Å². The van der Waals surface area contributed by atoms with Gasteiger partial charge in [-0.15, -0.1) is 0 Å². The summed E-state index contributed by atoms with van der Waals surface area (Å²) in [7, 11) is 0. The Bertz CT molecular complexity index is 1480. The highest BCUT2D eigenvalue weighted by molar-refractivity contribution is 6.25. The summed E-state index contributed by atoms with van der Waals surface area (Å²) in [6.45, 7) is 5.06. The number of hydrogen-bond donors (Lipinski definition) is 1. The first-order chi connectivity index (χ1) is 17.8. The van der Waals surface area contributed by atoms with E-state index in [2.05, 4.69) is 6.58 Å². The zero-order valence-electron chi connectivity index (χ0n) is 20.3. The van der Waals surface area contributed by atoms with Crippen LogP contribution in [-0.2, 0) is 25.8 Å². The van der Waals surface area contributed by atoms with Gasteiger partial charge in [-0.1, -0.05) is 36.4 Å². The number of aliphatic hydroxyl groups is 1. The zero-order chi connectivity index (χ0) is 26.0. The van der Waals surface area contributed by atoms with E-state index in [9.17, 15) is 24.3 Å². The minimum absolute atomic E-state index is 0.213. The lowest BCUT2D eigenvalue weighted by atomic mass is 9.60. The van der Waals surface area contributed by atoms with Gasteiger partial charge in [0.15, 0.2) is 11.6 Å². The van der Waals surface area contributed by atoms with E-state index in [0.29, 0.717) is 40.3 Å². The molecular formula is C30H25NO6. The van der Waals surface area contributed by atoms with E-state index >= 15 is 0 Å². The van der Waals surface area contributed by atoms with Gasteiger partial charge in [-0.25, -0.2) is 0 Å². The fourth-order valence-corrected chi connectivity index (χ4v) is 6.36. The maximum Gasteiger partial charge on any atom is 0.238 e. The van der Waals surface area contributed by atoms with Crippen molar-refractivity contribution in [3.05, 3.63) is 94.5 Å². The molecule has 1 N–H and O–H groups in total. The Morgan fingerprint density at radius 2 is 1.81 bits per heavy atom. The van der Waals surface area contributed by atoms with Crippen LogP contribution in [0.4, 0.5) is 5.69 Å². The number of aliphatic hydroxyl groups excluding tert-OH is 1. The number of fused-ring (bicyclic) bond motifs is 3. The molecule has 7 nitrogen and oxygen atoms in total. The van der Waals surface area contributed by atoms with Crippen LogP contribution in [0.15, 0.2) is 81.8 Å². The number of carbonyl (C=O) groups is 4. The van der Waals surface area contributed by atoms with E-state index in [1.165, 1.54) is 11.0 Å². The molecule has 1 fully saturated rings. The predicted octanol–water partition coefficient (Wildman–Crippen LogP) is 4.05. The molecule has 2 aromatic rings. The summed E-state index contributed by atoms with van der Waals surface area (Å²) in [6.07, 6.45) is 5.56. The topological polar surface area (TPSA) is 105 Å². The summed E-state index contributed by atoms with van der Waals surface area (Å²) in [4.78, 5) is 55.1. The third-order valence-corrected chi connectivity index (χ3v) is 8.07. The molecule has 6 rings (SSSR count). The number of carbonyl (C=O) groups excluding carboxylic acids is 4. The molecule has 0 unspecified atom stereocenters. The Morgan fingerprint density at radius 1 is 1.05 bits per heavy atom. The van der Waals surface area contributed by atoms with Gasteiger partial charge in [0.1, 0.15) is 18.1 Å². The minimum Gasteiger partial charge on any atom is -0.463 e. The quantitative estimate of drug-likeness (QED) is 0.390. The molecule has 7 heteroatoms. The number of nitrogens with zero attached hydrogens (tertiary/aromatic N) is 1. The average molecular weight is 496 g/mol. The molecular weight excluding hydrogens is 470 g/mol. The van der Waals surface area contributed by atoms with Crippen molar-refractivity contribution in [3.8, 4) is 0 Å². The Morgan fingerprint density at radius 3 is 2.49 bits per heavy atom. The third-order valence-electron chi connectivity index (χ3n) is 8.07. The van der Waals surface area contributed by atoms with Crippen molar-refractivity contribution in [3.63, 3.8) is 0 Å². The van der Waals surface area contributed by atoms with Crippen LogP contribution in [0, 0.1) is 17.8 Å². The molecule has 2 heterocycles. The largest absolute Gasteiger partial charge is 0.463 e. The second-order valence-corrected chi connectivity index (χ2v) is 10.00. The van der Waals surface area contributed by atoms with Crippen LogP contribution in [0.2, 0.25) is 0 Å². The fourth-order valence-electron chi connectivity index (χ4n) is 6.36. The van der Waals surface area contributed by atoms with E-state index < -0.39 is 23.7 Å². The number of hydrogen-bond acceptors (Lipinski definition) is 6. The number of imide groups is 1. The normalized spacial score (nSPS) is 27.0. The molecule has 1 aliphatic heterocycles. The van der Waals surface area contributed by atoms with Crippen LogP contribution in [0.25, 0.3) is 6.08 Å². The highest BCUT2D eigenvalue weighted by Gasteiger charge is 2.57. The molecule has 4 atom stereocenters. The number of Topliss-reactive ketones (excluding diaryl/α,β-unsaturated/α-hetero) is 1. The minimum atomic E-state index is -0.653. The number of furan rings is 1. The van der Waals surface area contributed by atoms with Crippen molar-refractivity contribution in [1.29, 1.82) is 0 Å². The molecule has 0 bridgehead atoms. The summed E-state index contributed by atoms with van der Waals surface area (Å²) in [5, 5.41) is 9.56. The lowest BCUT2D eigenvalue weighted by Gasteiger charge is -2.41. The molecule has 2 amide bonds. The van der Waals surface area contributed by atoms with Gasteiger partial charge in [0, 0.05) is 16.7 Å². The second-order valence-electron chi connectivity index (χ2n) is 10.00. The summed E-state index contributed by atoms with van der Waals surface area (Å²) < 4.78 is 5.87. The summed E-state index contributed by atoms with van der Waals surface area (Å²) in [5.41, 5.74) is 3.31. The smallest absolute Gasteiger partial charge is 0.238 e. The van der Waals surface area contributed by atoms with Crippen molar-refractivity contribution in [2.45, 2.75) is 32.3 Å². The van der Waals surface area contributed by atoms with Crippen molar-refractivity contribution in [2.75, 3.05) is 4.90 Å². The Kier molecular flexibility index (Phi) is 5.35. The average Bonchev–Trinajstić information content (AvgIpc) is 3.48. The highest BCUT2D eigenvalue weighted by atomic mass is 16.4. The van der Waals surface area contributed by atoms with E-state index in [0.717, 1.165) is 11.1 Å². The van der Waals surface area contributed by atoms with Crippen LogP contribution in [-0.4, -0.2) is 28.5 Å². The Labute approximate surface area is 213 Å². The molecule has 4 aliphatic rings. The van der Waals surface area contributed by atoms with Gasteiger partial charge in [0.2, 0.25) is 11.8 Å². The van der Waals surface area contributed by atoms with Gasteiger partial charge in [0.25, 0.3) is 0 Å². The number of rotatable bonds is 4. The molecule has 1 aromatic heterocycles. The van der Waals surface area contributed by atoms with Gasteiger partial charge in [-0.3, -0.25) is 24.1 Å². The number of amides is 2. The molecule has 186 valence electrons. The van der Waals surface area contributed by atoms with Crippen LogP contribution in [0.3, 0.4) is 0 Å². The lowest BCUT2D eigenvalue weighted by molar-refractivity contribution is -0.123. The monoisotopic (exact) mass is 495 g/mol. The van der Waals surface area contributed by atoms with Crippen molar-refractivity contribution in [1.82, 2.24) is 0 Å². The van der Waals surface area contributed by atoms with E-state index in [-0.39, 0.29) is 36.4 Å². The van der Waals surface area contributed by atoms with Crippen molar-refractivity contribution < 1.29 is 28.7 Å². The number of anilines is 1. The molecule has 0 saturated carbocycles. The van der Waals surface area contributed by atoms with Gasteiger partial charge >= 0.3 is 0 Å². The first-order valence-corrected chi connectivity index (χ1v) is 12.3. The molecule has 3 aliphatic carbocycles. The lowest BCUT2D eigenvalue weighted by Crippen LogP contribution is -2.39. The van der Waals surface area contributed by atoms with E-state index in [1.807, 2.05) is 6.08 Å². The second kappa shape index (κ2) is 8.49. The predicted molar refractivity (Wildman–Crippen MR) is 135 cm³/mol. The van der Waals surface area contributed by atoms with Crippen molar-refractivity contribution in [2.24, 2.45) is 17.8 Å². The summed E-state index contributed by atoms with van der Waals surface area (Å²) in [5.74, 6) is -2.51. The first kappa shape index (κ1) is 23.3. The molecule has 0 radical (unpaired) electrons. The molecule has 37 heavy (non-hydrogen) atoms. The highest BCUT2D eigenvalue weighted by Crippen LogP contribution is 2.55. The van der Waals surface area contributed by atoms with Gasteiger partial charge in [-0.2, -0.15) is 0 Å². The van der Waals surface area contributed by atoms with Crippen LogP contribution < -0.4 is 4.90 Å². The SMILES string of the molecule is C=Cc1ccc(N2C(=O)[C@H]3[C@H](CC=C4[C@H](c5ccc(CO)o5)C5=C(C[C@H]43)C(=O)C(C)=CC5=O)C2=O)cc1. The fraction of sp³-hybridized carbons (Fsp3) is 0.267. The Balaban J connectivity index is 1.45. The maximum absolute atomic E-state index is 13.8.